The summed E-state index contributed by atoms with van der Waals surface area (Å²) in [7, 11) is -9.26. The van der Waals surface area contributed by atoms with Crippen LogP contribution in [0.3, 0.4) is 0 Å². The van der Waals surface area contributed by atoms with Gasteiger partial charge in [-0.05, 0) is 37.5 Å². The number of nitrogens with one attached hydrogen (secondary N) is 4. The van der Waals surface area contributed by atoms with E-state index in [9.17, 15) is 38.1 Å². The number of hydrogen-bond acceptors (Lipinski definition) is 12. The first kappa shape index (κ1) is 92.0. The third-order valence-electron chi connectivity index (χ3n) is 17.8. The highest BCUT2D eigenvalue weighted by Gasteiger charge is 2.27. The topological polar surface area (TPSA) is 246 Å². The molecular formula is C74H148N4O14P2. The van der Waals surface area contributed by atoms with E-state index in [1.54, 1.807) is 0 Å². The molecule has 0 fully saturated rings. The maximum Gasteiger partial charge on any atom is 0.472 e. The van der Waals surface area contributed by atoms with Crippen LogP contribution in [0.25, 0.3) is 0 Å². The van der Waals surface area contributed by atoms with Crippen molar-refractivity contribution in [1.82, 2.24) is 21.3 Å². The molecule has 0 aliphatic rings. The molecule has 0 radical (unpaired) electrons. The number of rotatable bonds is 75. The van der Waals surface area contributed by atoms with E-state index in [2.05, 4.69) is 62.8 Å². The van der Waals surface area contributed by atoms with E-state index in [1.807, 2.05) is 0 Å². The van der Waals surface area contributed by atoms with Crippen LogP contribution < -0.4 is 21.3 Å². The Balaban J connectivity index is 5.18. The minimum Gasteiger partial charge on any atom is -0.379 e. The summed E-state index contributed by atoms with van der Waals surface area (Å²) in [5.74, 6) is -0.683. The monoisotopic (exact) mass is 1380 g/mol. The van der Waals surface area contributed by atoms with Gasteiger partial charge in [-0.3, -0.25) is 37.3 Å². The Hall–Kier alpha value is -1.98. The molecule has 0 aliphatic heterocycles. The fraction of sp³-hybridized carbons (Fsp3) is 0.946. The molecule has 4 amide bonds. The van der Waals surface area contributed by atoms with Gasteiger partial charge in [-0.25, -0.2) is 9.13 Å². The lowest BCUT2D eigenvalue weighted by Gasteiger charge is -2.22. The summed E-state index contributed by atoms with van der Waals surface area (Å²) in [4.78, 5) is 72.7. The van der Waals surface area contributed by atoms with E-state index in [0.717, 1.165) is 70.6 Å². The van der Waals surface area contributed by atoms with Gasteiger partial charge < -0.3 is 40.5 Å². The summed E-state index contributed by atoms with van der Waals surface area (Å²) in [5.41, 5.74) is 0. The van der Waals surface area contributed by atoms with Gasteiger partial charge in [0.2, 0.25) is 23.6 Å². The molecule has 0 bridgehead atoms. The van der Waals surface area contributed by atoms with Gasteiger partial charge in [-0.1, -0.05) is 318 Å². The van der Waals surface area contributed by atoms with Crippen LogP contribution >= 0.6 is 15.6 Å². The van der Waals surface area contributed by atoms with E-state index >= 15 is 0 Å². The molecule has 0 aliphatic carbocycles. The molecule has 0 spiro atoms. The predicted molar refractivity (Wildman–Crippen MR) is 387 cm³/mol. The normalized spacial score (nSPS) is 14.3. The third-order valence-corrected chi connectivity index (χ3v) is 19.8. The number of phosphoric ester groups is 2. The van der Waals surface area contributed by atoms with Crippen LogP contribution in [0.2, 0.25) is 0 Å². The number of carbonyl (C=O) groups is 4. The smallest absolute Gasteiger partial charge is 0.379 e. The van der Waals surface area contributed by atoms with Crippen LogP contribution in [-0.4, -0.2) is 111 Å². The van der Waals surface area contributed by atoms with Gasteiger partial charge in [0.25, 0.3) is 0 Å². The minimum atomic E-state index is -4.64. The average molecular weight is 1380 g/mol. The van der Waals surface area contributed by atoms with Crippen molar-refractivity contribution >= 4 is 39.3 Å². The maximum atomic E-state index is 13.2. The standard InChI is InChI=1S/C74H148N4O14P2/c1-7-12-17-22-25-28-31-34-37-42-47-52-71(79)77-69(63-87-58-54-67(6)49-44-39-20-15-10-4)65-91-93(83,84)89-60-56-75-73(81)62-74(82)76-57-61-90-94(85,86)92-66-70(78-72(80)53-48-43-38-35-32-29-26-23-18-13-8-2)64-88-59-55-68(50-45-40-21-16-11-5)51-46-41-36-33-30-27-24-19-14-9-3/h67-70H,7-66H2,1-6H3,(H,75,81)(H,76,82)(H,77,79)(H,78,80)(H,83,84)(H,85,86)/t67-,68+,69+,70+/m0/s1. The number of carbonyl (C=O) groups excluding carboxylic acids is 4. The van der Waals surface area contributed by atoms with Crippen molar-refractivity contribution in [2.75, 3.05) is 65.9 Å². The highest BCUT2D eigenvalue weighted by Crippen LogP contribution is 2.44. The number of phosphoric acid groups is 2. The van der Waals surface area contributed by atoms with Crippen molar-refractivity contribution in [1.29, 1.82) is 0 Å². The first-order valence-corrected chi connectivity index (χ1v) is 42.1. The molecule has 0 aromatic heterocycles. The van der Waals surface area contributed by atoms with Gasteiger partial charge in [0.15, 0.2) is 0 Å². The van der Waals surface area contributed by atoms with Crippen molar-refractivity contribution in [3.05, 3.63) is 0 Å². The van der Waals surface area contributed by atoms with Crippen LogP contribution in [-0.2, 0) is 55.9 Å². The fourth-order valence-electron chi connectivity index (χ4n) is 11.8. The van der Waals surface area contributed by atoms with E-state index in [1.165, 1.54) is 231 Å². The molecule has 18 nitrogen and oxygen atoms in total. The van der Waals surface area contributed by atoms with Gasteiger partial charge in [-0.15, -0.1) is 0 Å². The summed E-state index contributed by atoms with van der Waals surface area (Å²) >= 11 is 0. The molecule has 0 aromatic carbocycles. The summed E-state index contributed by atoms with van der Waals surface area (Å²) in [6, 6.07) is -1.38. The second-order valence-electron chi connectivity index (χ2n) is 27.2. The summed E-state index contributed by atoms with van der Waals surface area (Å²) in [5, 5.41) is 10.9. The Morgan fingerprint density at radius 2 is 0.617 bits per heavy atom. The Morgan fingerprint density at radius 1 is 0.330 bits per heavy atom. The van der Waals surface area contributed by atoms with E-state index in [4.69, 9.17) is 27.6 Å². The van der Waals surface area contributed by atoms with Crippen molar-refractivity contribution < 1.29 is 65.7 Å². The Bertz CT molecular complexity index is 1820. The Morgan fingerprint density at radius 3 is 0.947 bits per heavy atom. The highest BCUT2D eigenvalue weighted by molar-refractivity contribution is 7.47. The van der Waals surface area contributed by atoms with Gasteiger partial charge >= 0.3 is 15.6 Å². The molecule has 0 aromatic rings. The lowest BCUT2D eigenvalue weighted by Crippen LogP contribution is -2.41. The van der Waals surface area contributed by atoms with Gasteiger partial charge in [0.1, 0.15) is 6.42 Å². The van der Waals surface area contributed by atoms with Crippen LogP contribution in [0, 0.1) is 11.8 Å². The molecule has 0 saturated carbocycles. The largest absolute Gasteiger partial charge is 0.472 e. The molecular weight excluding hydrogens is 1230 g/mol. The zero-order valence-electron chi connectivity index (χ0n) is 61.4. The summed E-state index contributed by atoms with van der Waals surface area (Å²) in [6.07, 6.45) is 56.5. The maximum absolute atomic E-state index is 13.2. The molecule has 0 rings (SSSR count). The van der Waals surface area contributed by atoms with Crippen molar-refractivity contribution in [3.63, 3.8) is 0 Å². The average Bonchev–Trinajstić information content (AvgIpc) is 2.05. The molecule has 94 heavy (non-hydrogen) atoms. The SMILES string of the molecule is CCCCCCCCCCCCCC(=O)N[C@H](COCC[C@@H](C)CCCCCCC)COP(=O)(O)OCCNC(=O)CC(=O)NCCOP(=O)(O)OC[C@@H](COCC[C@H](CCCCCCC)CCCCCCCCCCCC)NC(=O)CCCCCCCCCCCCC. The zero-order valence-corrected chi connectivity index (χ0v) is 63.2. The number of hydrogen-bond donors (Lipinski definition) is 6. The predicted octanol–water partition coefficient (Wildman–Crippen LogP) is 19.3. The van der Waals surface area contributed by atoms with Crippen LogP contribution in [0.1, 0.15) is 363 Å². The minimum absolute atomic E-state index is 0.0979. The molecule has 558 valence electrons. The fourth-order valence-corrected chi connectivity index (χ4v) is 13.3. The van der Waals surface area contributed by atoms with Crippen LogP contribution in [0.5, 0.6) is 0 Å². The van der Waals surface area contributed by atoms with Crippen molar-refractivity contribution in [2.45, 2.75) is 375 Å². The number of unbranched alkanes of at least 4 members (excludes halogenated alkanes) is 37. The van der Waals surface area contributed by atoms with Gasteiger partial charge in [-0.2, -0.15) is 0 Å². The van der Waals surface area contributed by atoms with Gasteiger partial charge in [0, 0.05) is 39.1 Å². The Labute approximate surface area is 576 Å². The summed E-state index contributed by atoms with van der Waals surface area (Å²) < 4.78 is 59.2. The number of ether oxygens (including phenoxy) is 2. The van der Waals surface area contributed by atoms with Gasteiger partial charge in [0.05, 0.1) is 51.7 Å². The first-order valence-electron chi connectivity index (χ1n) is 39.1. The first-order chi connectivity index (χ1) is 45.6. The van der Waals surface area contributed by atoms with Crippen molar-refractivity contribution in [2.24, 2.45) is 11.8 Å². The molecule has 20 heteroatoms. The Kier molecular flexibility index (Phi) is 66.7. The number of amides is 4. The third kappa shape index (κ3) is 65.9. The molecule has 0 heterocycles. The lowest BCUT2D eigenvalue weighted by atomic mass is 9.91. The molecule has 6 atom stereocenters. The second-order valence-corrected chi connectivity index (χ2v) is 30.2. The van der Waals surface area contributed by atoms with Crippen molar-refractivity contribution in [3.8, 4) is 0 Å². The van der Waals surface area contributed by atoms with E-state index in [-0.39, 0.29) is 51.3 Å². The highest BCUT2D eigenvalue weighted by atomic mass is 31.2. The van der Waals surface area contributed by atoms with Crippen LogP contribution in [0.15, 0.2) is 0 Å². The summed E-state index contributed by atoms with van der Waals surface area (Å²) in [6.45, 7) is 12.7. The van der Waals surface area contributed by atoms with Crippen LogP contribution in [0.4, 0.5) is 0 Å². The second kappa shape index (κ2) is 68.2. The quantitative estimate of drug-likeness (QED) is 0.0188. The van der Waals surface area contributed by atoms with E-state index < -0.39 is 59.2 Å². The molecule has 2 unspecified atom stereocenters. The molecule has 6 N–H and O–H groups in total. The van der Waals surface area contributed by atoms with E-state index in [0.29, 0.717) is 37.9 Å². The zero-order chi connectivity index (χ0) is 69.1. The molecule has 0 saturated heterocycles. The lowest BCUT2D eigenvalue weighted by molar-refractivity contribution is -0.129.